The fourth-order valence-electron chi connectivity index (χ4n) is 1.79. The third-order valence-electron chi connectivity index (χ3n) is 2.81. The second-order valence-electron chi connectivity index (χ2n) is 4.77. The standard InChI is InChI=1S/C11H21ClO/c1-7(2)10-5-9(12)6-11(13-10)8(3)4/h7-11H,5-6H2,1-4H3. The van der Waals surface area contributed by atoms with Crippen LogP contribution in [0.3, 0.4) is 0 Å². The van der Waals surface area contributed by atoms with E-state index in [1.165, 1.54) is 0 Å². The number of halogens is 1. The lowest BCUT2D eigenvalue weighted by molar-refractivity contribution is -0.0876. The van der Waals surface area contributed by atoms with Crippen molar-refractivity contribution in [3.63, 3.8) is 0 Å². The minimum absolute atomic E-state index is 0.313. The second-order valence-corrected chi connectivity index (χ2v) is 5.39. The fraction of sp³-hybridized carbons (Fsp3) is 1.00. The van der Waals surface area contributed by atoms with Gasteiger partial charge in [-0.2, -0.15) is 0 Å². The van der Waals surface area contributed by atoms with Gasteiger partial charge >= 0.3 is 0 Å². The first-order valence-corrected chi connectivity index (χ1v) is 5.74. The summed E-state index contributed by atoms with van der Waals surface area (Å²) in [4.78, 5) is 0. The number of ether oxygens (including phenoxy) is 1. The van der Waals surface area contributed by atoms with Gasteiger partial charge in [-0.25, -0.2) is 0 Å². The average Bonchev–Trinajstić information content (AvgIpc) is 2.03. The SMILES string of the molecule is CC(C)C1CC(Cl)CC(C(C)C)O1. The van der Waals surface area contributed by atoms with Crippen molar-refractivity contribution in [3.8, 4) is 0 Å². The molecule has 0 spiro atoms. The highest BCUT2D eigenvalue weighted by molar-refractivity contribution is 6.20. The van der Waals surface area contributed by atoms with E-state index in [1.54, 1.807) is 0 Å². The highest BCUT2D eigenvalue weighted by Gasteiger charge is 2.31. The summed E-state index contributed by atoms with van der Waals surface area (Å²) in [6.07, 6.45) is 2.76. The van der Waals surface area contributed by atoms with Crippen LogP contribution < -0.4 is 0 Å². The Balaban J connectivity index is 2.52. The van der Waals surface area contributed by atoms with E-state index < -0.39 is 0 Å². The maximum absolute atomic E-state index is 6.21. The van der Waals surface area contributed by atoms with Gasteiger partial charge in [-0.15, -0.1) is 11.6 Å². The van der Waals surface area contributed by atoms with E-state index in [9.17, 15) is 0 Å². The van der Waals surface area contributed by atoms with Crippen LogP contribution in [0.4, 0.5) is 0 Å². The van der Waals surface area contributed by atoms with Gasteiger partial charge in [-0.3, -0.25) is 0 Å². The largest absolute Gasteiger partial charge is 0.374 e. The summed E-state index contributed by atoms with van der Waals surface area (Å²) in [6.45, 7) is 8.82. The number of rotatable bonds is 2. The molecule has 0 aromatic carbocycles. The van der Waals surface area contributed by atoms with Crippen LogP contribution in [0.15, 0.2) is 0 Å². The van der Waals surface area contributed by atoms with Gasteiger partial charge in [0.2, 0.25) is 0 Å². The first-order chi connectivity index (χ1) is 6.00. The minimum Gasteiger partial charge on any atom is -0.374 e. The first-order valence-electron chi connectivity index (χ1n) is 5.30. The zero-order valence-corrected chi connectivity index (χ0v) is 9.84. The van der Waals surface area contributed by atoms with Gasteiger partial charge in [0, 0.05) is 5.38 Å². The molecule has 0 saturated carbocycles. The Hall–Kier alpha value is 0.250. The van der Waals surface area contributed by atoms with Crippen molar-refractivity contribution >= 4 is 11.6 Å². The zero-order valence-electron chi connectivity index (χ0n) is 9.09. The molecule has 2 atom stereocenters. The van der Waals surface area contributed by atoms with Gasteiger partial charge in [0.25, 0.3) is 0 Å². The molecule has 1 aliphatic rings. The van der Waals surface area contributed by atoms with Crippen LogP contribution in [-0.2, 0) is 4.74 Å². The average molecular weight is 205 g/mol. The summed E-state index contributed by atoms with van der Waals surface area (Å²) in [5.41, 5.74) is 0. The molecule has 1 heterocycles. The third-order valence-corrected chi connectivity index (χ3v) is 3.17. The molecule has 13 heavy (non-hydrogen) atoms. The molecule has 0 bridgehead atoms. The predicted octanol–water partition coefficient (Wildman–Crippen LogP) is 3.45. The van der Waals surface area contributed by atoms with Gasteiger partial charge in [-0.1, -0.05) is 27.7 Å². The van der Waals surface area contributed by atoms with E-state index in [-0.39, 0.29) is 0 Å². The molecular formula is C11H21ClO. The second kappa shape index (κ2) is 4.65. The van der Waals surface area contributed by atoms with Crippen LogP contribution in [0.2, 0.25) is 0 Å². The molecule has 0 aromatic heterocycles. The molecule has 1 fully saturated rings. The molecule has 2 heteroatoms. The topological polar surface area (TPSA) is 9.23 Å². The molecule has 1 nitrogen and oxygen atoms in total. The lowest BCUT2D eigenvalue weighted by Crippen LogP contribution is -2.38. The fourth-order valence-corrected chi connectivity index (χ4v) is 2.15. The third kappa shape index (κ3) is 3.14. The van der Waals surface area contributed by atoms with Crippen molar-refractivity contribution in [2.75, 3.05) is 0 Å². The summed E-state index contributed by atoms with van der Waals surface area (Å²) >= 11 is 6.21. The van der Waals surface area contributed by atoms with Gasteiger partial charge in [-0.05, 0) is 24.7 Å². The zero-order chi connectivity index (χ0) is 10.0. The highest BCUT2D eigenvalue weighted by atomic mass is 35.5. The Kier molecular flexibility index (Phi) is 4.06. The van der Waals surface area contributed by atoms with Crippen molar-refractivity contribution < 1.29 is 4.74 Å². The predicted molar refractivity (Wildman–Crippen MR) is 57.2 cm³/mol. The molecule has 1 saturated heterocycles. The lowest BCUT2D eigenvalue weighted by atomic mass is 9.92. The molecule has 0 N–H and O–H groups in total. The Labute approximate surface area is 86.8 Å². The van der Waals surface area contributed by atoms with E-state index >= 15 is 0 Å². The summed E-state index contributed by atoms with van der Waals surface area (Å²) in [6, 6.07) is 0. The molecule has 0 aliphatic carbocycles. The Bertz CT molecular complexity index is 140. The summed E-state index contributed by atoms with van der Waals surface area (Å²) < 4.78 is 6.00. The number of hydrogen-bond donors (Lipinski definition) is 0. The lowest BCUT2D eigenvalue weighted by Gasteiger charge is -2.37. The van der Waals surface area contributed by atoms with Gasteiger partial charge in [0.15, 0.2) is 0 Å². The van der Waals surface area contributed by atoms with E-state index in [0.29, 0.717) is 29.4 Å². The van der Waals surface area contributed by atoms with Crippen LogP contribution in [-0.4, -0.2) is 17.6 Å². The van der Waals surface area contributed by atoms with Crippen LogP contribution in [0.1, 0.15) is 40.5 Å². The van der Waals surface area contributed by atoms with Gasteiger partial charge in [0.1, 0.15) is 0 Å². The van der Waals surface area contributed by atoms with Gasteiger partial charge < -0.3 is 4.74 Å². The van der Waals surface area contributed by atoms with Crippen LogP contribution >= 0.6 is 11.6 Å². The molecule has 2 unspecified atom stereocenters. The molecule has 1 aliphatic heterocycles. The Morgan fingerprint density at radius 3 is 1.69 bits per heavy atom. The molecule has 1 rings (SSSR count). The quantitative estimate of drug-likeness (QED) is 0.627. The number of alkyl halides is 1. The highest BCUT2D eigenvalue weighted by Crippen LogP contribution is 2.30. The van der Waals surface area contributed by atoms with Crippen molar-refractivity contribution in [2.45, 2.75) is 58.1 Å². The smallest absolute Gasteiger partial charge is 0.0616 e. The Morgan fingerprint density at radius 1 is 1.00 bits per heavy atom. The molecule has 0 aromatic rings. The van der Waals surface area contributed by atoms with Crippen LogP contribution in [0, 0.1) is 11.8 Å². The maximum atomic E-state index is 6.21. The maximum Gasteiger partial charge on any atom is 0.0616 e. The van der Waals surface area contributed by atoms with E-state index in [4.69, 9.17) is 16.3 Å². The summed E-state index contributed by atoms with van der Waals surface area (Å²) in [5, 5.41) is 0.313. The molecule has 0 radical (unpaired) electrons. The monoisotopic (exact) mass is 204 g/mol. The summed E-state index contributed by atoms with van der Waals surface area (Å²) in [7, 11) is 0. The number of hydrogen-bond acceptors (Lipinski definition) is 1. The van der Waals surface area contributed by atoms with Crippen LogP contribution in [0.5, 0.6) is 0 Å². The van der Waals surface area contributed by atoms with E-state index in [2.05, 4.69) is 27.7 Å². The van der Waals surface area contributed by atoms with Crippen molar-refractivity contribution in [2.24, 2.45) is 11.8 Å². The molecular weight excluding hydrogens is 184 g/mol. The Morgan fingerprint density at radius 2 is 1.38 bits per heavy atom. The van der Waals surface area contributed by atoms with Crippen molar-refractivity contribution in [1.82, 2.24) is 0 Å². The van der Waals surface area contributed by atoms with E-state index in [1.807, 2.05) is 0 Å². The molecule has 78 valence electrons. The molecule has 0 amide bonds. The van der Waals surface area contributed by atoms with Crippen molar-refractivity contribution in [3.05, 3.63) is 0 Å². The first kappa shape index (κ1) is 11.3. The summed E-state index contributed by atoms with van der Waals surface area (Å²) in [5.74, 6) is 1.17. The van der Waals surface area contributed by atoms with Crippen molar-refractivity contribution in [1.29, 1.82) is 0 Å². The minimum atomic E-state index is 0.313. The van der Waals surface area contributed by atoms with Gasteiger partial charge in [0.05, 0.1) is 12.2 Å². The van der Waals surface area contributed by atoms with Crippen LogP contribution in [0.25, 0.3) is 0 Å². The van der Waals surface area contributed by atoms with E-state index in [0.717, 1.165) is 12.8 Å². The normalized spacial score (nSPS) is 35.8.